The zero-order valence-corrected chi connectivity index (χ0v) is 19.7. The van der Waals surface area contributed by atoms with Crippen molar-refractivity contribution in [3.05, 3.63) is 78.5 Å². The monoisotopic (exact) mass is 452 g/mol. The predicted molar refractivity (Wildman–Crippen MR) is 135 cm³/mol. The third kappa shape index (κ3) is 3.75. The summed E-state index contributed by atoms with van der Waals surface area (Å²) in [4.78, 5) is 17.3. The van der Waals surface area contributed by atoms with E-state index in [0.717, 1.165) is 22.2 Å². The van der Waals surface area contributed by atoms with Gasteiger partial charge in [0.25, 0.3) is 0 Å². The Bertz CT molecular complexity index is 1390. The van der Waals surface area contributed by atoms with Crippen LogP contribution in [-0.4, -0.2) is 44.2 Å². The summed E-state index contributed by atoms with van der Waals surface area (Å²) in [5.41, 5.74) is 6.47. The number of para-hydroxylation sites is 1. The molecule has 0 bridgehead atoms. The average Bonchev–Trinajstić information content (AvgIpc) is 3.15. The van der Waals surface area contributed by atoms with Crippen LogP contribution in [0, 0.1) is 0 Å². The summed E-state index contributed by atoms with van der Waals surface area (Å²) < 4.78 is 0. The number of aromatic hydroxyl groups is 1. The lowest BCUT2D eigenvalue weighted by molar-refractivity contribution is -0.130. The second-order valence-corrected chi connectivity index (χ2v) is 9.89. The highest BCUT2D eigenvalue weighted by Crippen LogP contribution is 2.41. The Kier molecular flexibility index (Phi) is 5.24. The van der Waals surface area contributed by atoms with E-state index in [1.165, 1.54) is 11.6 Å². The molecule has 2 aromatic carbocycles. The fraction of sp³-hybridized carbons (Fsp3) is 0.250. The lowest BCUT2D eigenvalue weighted by Crippen LogP contribution is -2.48. The zero-order chi connectivity index (χ0) is 24.0. The molecule has 0 aliphatic carbocycles. The van der Waals surface area contributed by atoms with Gasteiger partial charge in [-0.1, -0.05) is 63.7 Å². The summed E-state index contributed by atoms with van der Waals surface area (Å²) in [5.74, 6) is 0.287. The average molecular weight is 453 g/mol. The molecule has 34 heavy (non-hydrogen) atoms. The van der Waals surface area contributed by atoms with Gasteiger partial charge in [-0.05, 0) is 40.8 Å². The zero-order valence-electron chi connectivity index (χ0n) is 19.7. The lowest BCUT2D eigenvalue weighted by Gasteiger charge is -2.38. The number of aromatic nitrogens is 3. The first-order chi connectivity index (χ1) is 16.3. The Balaban J connectivity index is 1.64. The van der Waals surface area contributed by atoms with Gasteiger partial charge in [0, 0.05) is 41.2 Å². The number of hydrogen-bond acceptors (Lipinski definition) is 4. The van der Waals surface area contributed by atoms with E-state index in [4.69, 9.17) is 0 Å². The number of hydrogen-bond donors (Lipinski definition) is 2. The summed E-state index contributed by atoms with van der Waals surface area (Å²) >= 11 is 0. The molecule has 3 heterocycles. The van der Waals surface area contributed by atoms with Crippen molar-refractivity contribution in [2.24, 2.45) is 0 Å². The van der Waals surface area contributed by atoms with Gasteiger partial charge in [0.05, 0.1) is 5.69 Å². The van der Waals surface area contributed by atoms with Crippen LogP contribution in [0.15, 0.2) is 67.3 Å². The van der Waals surface area contributed by atoms with Crippen LogP contribution >= 0.6 is 0 Å². The Hall–Kier alpha value is -3.93. The second-order valence-electron chi connectivity index (χ2n) is 9.89. The molecule has 2 aromatic heterocycles. The van der Waals surface area contributed by atoms with Crippen LogP contribution in [0.2, 0.25) is 0 Å². The molecule has 1 fully saturated rings. The molecule has 1 amide bonds. The summed E-state index contributed by atoms with van der Waals surface area (Å²) in [6, 6.07) is 17.8. The molecule has 5 rings (SSSR count). The van der Waals surface area contributed by atoms with Crippen molar-refractivity contribution in [2.75, 3.05) is 13.1 Å². The van der Waals surface area contributed by atoms with E-state index in [9.17, 15) is 9.90 Å². The molecule has 0 spiro atoms. The lowest BCUT2D eigenvalue weighted by atomic mass is 9.85. The number of nitrogens with zero attached hydrogens (tertiary/aromatic N) is 3. The van der Waals surface area contributed by atoms with Crippen molar-refractivity contribution >= 4 is 16.9 Å². The highest BCUT2D eigenvalue weighted by Gasteiger charge is 2.34. The normalized spacial score (nSPS) is 14.3. The van der Waals surface area contributed by atoms with E-state index in [0.29, 0.717) is 30.0 Å². The molecule has 1 saturated heterocycles. The molecular formula is C28H28N4O2. The molecule has 1 aliphatic heterocycles. The van der Waals surface area contributed by atoms with Crippen LogP contribution in [0.5, 0.6) is 5.75 Å². The van der Waals surface area contributed by atoms with Gasteiger partial charge in [0.2, 0.25) is 5.91 Å². The van der Waals surface area contributed by atoms with Gasteiger partial charge >= 0.3 is 0 Å². The first-order valence-corrected chi connectivity index (χ1v) is 11.5. The fourth-order valence-electron chi connectivity index (χ4n) is 4.56. The molecular weight excluding hydrogens is 424 g/mol. The van der Waals surface area contributed by atoms with E-state index in [1.54, 1.807) is 17.0 Å². The largest absolute Gasteiger partial charge is 0.507 e. The summed E-state index contributed by atoms with van der Waals surface area (Å²) in [7, 11) is 0. The fourth-order valence-corrected chi connectivity index (χ4v) is 4.56. The first-order valence-electron chi connectivity index (χ1n) is 11.5. The minimum absolute atomic E-state index is 0.0509. The number of amides is 1. The number of fused-ring (bicyclic) bond motifs is 1. The number of aromatic amines is 1. The maximum atomic E-state index is 12.0. The quantitative estimate of drug-likeness (QED) is 0.406. The van der Waals surface area contributed by atoms with E-state index < -0.39 is 0 Å². The second kappa shape index (κ2) is 8.13. The highest BCUT2D eigenvalue weighted by molar-refractivity contribution is 5.98. The molecule has 0 unspecified atom stereocenters. The van der Waals surface area contributed by atoms with Crippen LogP contribution in [0.4, 0.5) is 0 Å². The van der Waals surface area contributed by atoms with Crippen molar-refractivity contribution < 1.29 is 9.90 Å². The number of carbonyl (C=O) groups excluding carboxylic acids is 1. The van der Waals surface area contributed by atoms with Crippen molar-refractivity contribution in [1.82, 2.24) is 20.1 Å². The number of rotatable bonds is 4. The molecule has 4 aromatic rings. The first kappa shape index (κ1) is 21.9. The van der Waals surface area contributed by atoms with Gasteiger partial charge in [-0.2, -0.15) is 0 Å². The maximum absolute atomic E-state index is 12.0. The summed E-state index contributed by atoms with van der Waals surface area (Å²) in [6.07, 6.45) is 1.36. The van der Waals surface area contributed by atoms with Gasteiger partial charge in [-0.25, -0.2) is 0 Å². The number of carbonyl (C=O) groups is 1. The summed E-state index contributed by atoms with van der Waals surface area (Å²) in [5, 5.41) is 20.1. The number of benzene rings is 2. The molecule has 1 aliphatic rings. The predicted octanol–water partition coefficient (Wildman–Crippen LogP) is 5.41. The topological polar surface area (TPSA) is 82.1 Å². The molecule has 0 radical (unpaired) electrons. The van der Waals surface area contributed by atoms with E-state index >= 15 is 0 Å². The highest BCUT2D eigenvalue weighted by atomic mass is 16.3. The van der Waals surface area contributed by atoms with Gasteiger partial charge in [0.1, 0.15) is 5.75 Å². The smallest absolute Gasteiger partial charge is 0.245 e. The molecule has 6 nitrogen and oxygen atoms in total. The number of likely N-dealkylation sites (tertiary alicyclic amines) is 1. The maximum Gasteiger partial charge on any atom is 0.245 e. The molecule has 6 heteroatoms. The molecule has 172 valence electrons. The molecule has 0 saturated carbocycles. The van der Waals surface area contributed by atoms with Crippen LogP contribution in [-0.2, 0) is 10.2 Å². The van der Waals surface area contributed by atoms with Gasteiger partial charge < -0.3 is 15.0 Å². The van der Waals surface area contributed by atoms with Crippen molar-refractivity contribution in [2.45, 2.75) is 32.1 Å². The number of nitrogens with one attached hydrogen (secondary N) is 1. The van der Waals surface area contributed by atoms with Crippen molar-refractivity contribution in [1.29, 1.82) is 0 Å². The van der Waals surface area contributed by atoms with E-state index in [1.807, 2.05) is 18.2 Å². The Morgan fingerprint density at radius 1 is 1.12 bits per heavy atom. The summed E-state index contributed by atoms with van der Waals surface area (Å²) in [6.45, 7) is 11.5. The third-order valence-electron chi connectivity index (χ3n) is 6.58. The SMILES string of the molecule is C=CC(=O)N1CC(c2[nH]c3nnc(-c4ccccc4O)cc3c2-c2ccc(C(C)(C)C)cc2)C1. The van der Waals surface area contributed by atoms with Crippen molar-refractivity contribution in [3.63, 3.8) is 0 Å². The van der Waals surface area contributed by atoms with Gasteiger partial charge in [-0.3, -0.25) is 4.79 Å². The van der Waals surface area contributed by atoms with Crippen LogP contribution < -0.4 is 0 Å². The van der Waals surface area contributed by atoms with Crippen LogP contribution in [0.1, 0.15) is 37.9 Å². The third-order valence-corrected chi connectivity index (χ3v) is 6.58. The Labute approximate surface area is 199 Å². The van der Waals surface area contributed by atoms with Crippen LogP contribution in [0.3, 0.4) is 0 Å². The van der Waals surface area contributed by atoms with Gasteiger partial charge in [0.15, 0.2) is 5.65 Å². The standard InChI is InChI=1S/C28H28N4O2/c1-5-24(34)32-15-18(16-32)26-25(17-10-12-19(13-11-17)28(2,3)4)21-14-22(30-31-27(21)29-26)20-8-6-7-9-23(20)33/h5-14,18,33H,1,15-16H2,2-4H3,(H,29,31). The Morgan fingerprint density at radius 2 is 1.82 bits per heavy atom. The van der Waals surface area contributed by atoms with E-state index in [2.05, 4.69) is 66.8 Å². The number of phenols is 1. The minimum Gasteiger partial charge on any atom is -0.507 e. The minimum atomic E-state index is -0.0509. The molecule has 0 atom stereocenters. The van der Waals surface area contributed by atoms with Crippen molar-refractivity contribution in [3.8, 4) is 28.1 Å². The molecule has 2 N–H and O–H groups in total. The van der Waals surface area contributed by atoms with Crippen LogP contribution in [0.25, 0.3) is 33.4 Å². The number of H-pyrrole nitrogens is 1. The van der Waals surface area contributed by atoms with E-state index in [-0.39, 0.29) is 23.0 Å². The van der Waals surface area contributed by atoms with Gasteiger partial charge in [-0.15, -0.1) is 10.2 Å². The Morgan fingerprint density at radius 3 is 2.47 bits per heavy atom. The number of phenolic OH excluding ortho intramolecular Hbond substituents is 1.